The summed E-state index contributed by atoms with van der Waals surface area (Å²) in [7, 11) is 0. The molecule has 1 N–H and O–H groups in total. The average Bonchev–Trinajstić information content (AvgIpc) is 2.61. The van der Waals surface area contributed by atoms with Gasteiger partial charge in [-0.15, -0.1) is 0 Å². The molecule has 2 aromatic carbocycles. The van der Waals surface area contributed by atoms with Gasteiger partial charge in [-0.25, -0.2) is 0 Å². The van der Waals surface area contributed by atoms with E-state index < -0.39 is 10.8 Å². The van der Waals surface area contributed by atoms with Crippen LogP contribution in [0.15, 0.2) is 48.5 Å². The zero-order valence-corrected chi connectivity index (χ0v) is 13.0. The summed E-state index contributed by atoms with van der Waals surface area (Å²) >= 11 is 0. The van der Waals surface area contributed by atoms with Crippen molar-refractivity contribution >= 4 is 11.6 Å². The fraction of sp³-hybridized carbons (Fsp3) is 0.235. The molecule has 0 aromatic heterocycles. The molecule has 1 aliphatic rings. The molecular formula is C17H16N2O5. The van der Waals surface area contributed by atoms with Crippen LogP contribution >= 0.6 is 0 Å². The average molecular weight is 328 g/mol. The maximum Gasteiger partial charge on any atom is 0.270 e. The summed E-state index contributed by atoms with van der Waals surface area (Å²) in [4.78, 5) is 22.6. The highest BCUT2D eigenvalue weighted by atomic mass is 16.6. The third-order valence-corrected chi connectivity index (χ3v) is 3.77. The quantitative estimate of drug-likeness (QED) is 0.688. The molecule has 24 heavy (non-hydrogen) atoms. The molecule has 0 saturated carbocycles. The number of para-hydroxylation sites is 2. The Bertz CT molecular complexity index is 777. The van der Waals surface area contributed by atoms with E-state index in [9.17, 15) is 14.9 Å². The minimum Gasteiger partial charge on any atom is -0.486 e. The molecule has 2 atom stereocenters. The van der Waals surface area contributed by atoms with Crippen LogP contribution in [0.4, 0.5) is 5.69 Å². The van der Waals surface area contributed by atoms with Gasteiger partial charge < -0.3 is 14.8 Å². The van der Waals surface area contributed by atoms with Crippen LogP contribution in [-0.4, -0.2) is 29.6 Å². The molecule has 0 spiro atoms. The predicted molar refractivity (Wildman–Crippen MR) is 86.4 cm³/mol. The van der Waals surface area contributed by atoms with E-state index in [1.807, 2.05) is 18.2 Å². The van der Waals surface area contributed by atoms with Gasteiger partial charge in [0, 0.05) is 17.7 Å². The summed E-state index contributed by atoms with van der Waals surface area (Å²) < 4.78 is 11.5. The van der Waals surface area contributed by atoms with Crippen molar-refractivity contribution in [3.05, 3.63) is 64.2 Å². The van der Waals surface area contributed by atoms with Crippen molar-refractivity contribution in [1.29, 1.82) is 0 Å². The Kier molecular flexibility index (Phi) is 4.33. The Hall–Kier alpha value is -3.09. The van der Waals surface area contributed by atoms with Crippen LogP contribution in [0.2, 0.25) is 0 Å². The van der Waals surface area contributed by atoms with E-state index >= 15 is 0 Å². The topological polar surface area (TPSA) is 90.7 Å². The lowest BCUT2D eigenvalue weighted by Crippen LogP contribution is -2.48. The molecule has 0 saturated heterocycles. The van der Waals surface area contributed by atoms with Gasteiger partial charge in [-0.3, -0.25) is 14.9 Å². The molecular weight excluding hydrogens is 312 g/mol. The summed E-state index contributed by atoms with van der Waals surface area (Å²) in [6.07, 6.45) is -0.345. The summed E-state index contributed by atoms with van der Waals surface area (Å²) in [5, 5.41) is 13.6. The number of benzene rings is 2. The Labute approximate surface area is 138 Å². The van der Waals surface area contributed by atoms with E-state index in [0.717, 1.165) is 0 Å². The molecule has 1 heterocycles. The maximum atomic E-state index is 12.3. The number of fused-ring (bicyclic) bond motifs is 1. The number of nitro groups is 1. The molecule has 2 aromatic rings. The fourth-order valence-corrected chi connectivity index (χ4v) is 2.43. The van der Waals surface area contributed by atoms with Crippen LogP contribution in [-0.2, 0) is 0 Å². The number of nitro benzene ring substituents is 1. The van der Waals surface area contributed by atoms with Gasteiger partial charge in [0.2, 0.25) is 0 Å². The smallest absolute Gasteiger partial charge is 0.270 e. The lowest BCUT2D eigenvalue weighted by molar-refractivity contribution is -0.384. The molecule has 1 amide bonds. The second-order valence-electron chi connectivity index (χ2n) is 5.48. The largest absolute Gasteiger partial charge is 0.486 e. The molecule has 0 unspecified atom stereocenters. The van der Waals surface area contributed by atoms with Crippen LogP contribution in [0.3, 0.4) is 0 Å². The van der Waals surface area contributed by atoms with Crippen LogP contribution < -0.4 is 14.8 Å². The first-order valence-electron chi connectivity index (χ1n) is 7.48. The number of ether oxygens (including phenoxy) is 2. The zero-order valence-electron chi connectivity index (χ0n) is 13.0. The van der Waals surface area contributed by atoms with Gasteiger partial charge in [0.05, 0.1) is 11.0 Å². The van der Waals surface area contributed by atoms with E-state index in [4.69, 9.17) is 9.47 Å². The third-order valence-electron chi connectivity index (χ3n) is 3.77. The fourth-order valence-electron chi connectivity index (χ4n) is 2.43. The van der Waals surface area contributed by atoms with Crippen molar-refractivity contribution in [2.75, 3.05) is 6.61 Å². The highest BCUT2D eigenvalue weighted by Crippen LogP contribution is 2.31. The van der Waals surface area contributed by atoms with E-state index in [-0.39, 0.29) is 23.4 Å². The first-order valence-corrected chi connectivity index (χ1v) is 7.48. The van der Waals surface area contributed by atoms with Gasteiger partial charge in [-0.05, 0) is 25.1 Å². The van der Waals surface area contributed by atoms with Gasteiger partial charge in [0.1, 0.15) is 6.61 Å². The van der Waals surface area contributed by atoms with Crippen LogP contribution in [0.25, 0.3) is 0 Å². The Balaban J connectivity index is 1.67. The first kappa shape index (κ1) is 15.8. The standard InChI is InChI=1S/C17H16N2O5/c1-11(16-10-23-14-7-2-3-8-15(14)24-16)18-17(20)12-5-4-6-13(9-12)19(21)22/h2-9,11,16H,10H2,1H3,(H,18,20)/t11-,16-/m1/s1. The van der Waals surface area contributed by atoms with Crippen molar-refractivity contribution in [3.63, 3.8) is 0 Å². The van der Waals surface area contributed by atoms with Gasteiger partial charge in [-0.1, -0.05) is 18.2 Å². The molecule has 1 aliphatic heterocycles. The second kappa shape index (κ2) is 6.57. The number of nitrogens with zero attached hydrogens (tertiary/aromatic N) is 1. The van der Waals surface area contributed by atoms with Crippen LogP contribution in [0.1, 0.15) is 17.3 Å². The molecule has 0 bridgehead atoms. The predicted octanol–water partition coefficient (Wildman–Crippen LogP) is 2.55. The van der Waals surface area contributed by atoms with Crippen molar-refractivity contribution < 1.29 is 19.2 Å². The normalized spacial score (nSPS) is 17.0. The Morgan fingerprint density at radius 1 is 1.25 bits per heavy atom. The first-order chi connectivity index (χ1) is 11.5. The van der Waals surface area contributed by atoms with Gasteiger partial charge >= 0.3 is 0 Å². The van der Waals surface area contributed by atoms with Gasteiger partial charge in [0.25, 0.3) is 11.6 Å². The molecule has 0 aliphatic carbocycles. The summed E-state index contributed by atoms with van der Waals surface area (Å²) in [6, 6.07) is 12.6. The number of carbonyl (C=O) groups excluding carboxylic acids is 1. The molecule has 7 heteroatoms. The molecule has 0 fully saturated rings. The van der Waals surface area contributed by atoms with E-state index in [1.54, 1.807) is 13.0 Å². The third kappa shape index (κ3) is 3.29. The number of amides is 1. The molecule has 3 rings (SSSR count). The Morgan fingerprint density at radius 3 is 2.75 bits per heavy atom. The number of hydrogen-bond donors (Lipinski definition) is 1. The lowest BCUT2D eigenvalue weighted by atomic mass is 10.1. The number of non-ortho nitro benzene ring substituents is 1. The highest BCUT2D eigenvalue weighted by Gasteiger charge is 2.27. The summed E-state index contributed by atoms with van der Waals surface area (Å²) in [5.74, 6) is 0.907. The number of rotatable bonds is 4. The minimum absolute atomic E-state index is 0.124. The van der Waals surface area contributed by atoms with Crippen molar-refractivity contribution in [2.24, 2.45) is 0 Å². The second-order valence-corrected chi connectivity index (χ2v) is 5.48. The highest BCUT2D eigenvalue weighted by molar-refractivity contribution is 5.95. The molecule has 7 nitrogen and oxygen atoms in total. The van der Waals surface area contributed by atoms with Crippen LogP contribution in [0.5, 0.6) is 11.5 Å². The van der Waals surface area contributed by atoms with E-state index in [1.165, 1.54) is 24.3 Å². The zero-order chi connectivity index (χ0) is 17.1. The number of hydrogen-bond acceptors (Lipinski definition) is 5. The van der Waals surface area contributed by atoms with Crippen molar-refractivity contribution in [2.45, 2.75) is 19.1 Å². The number of carbonyl (C=O) groups is 1. The van der Waals surface area contributed by atoms with E-state index in [0.29, 0.717) is 18.1 Å². The molecule has 124 valence electrons. The Morgan fingerprint density at radius 2 is 2.00 bits per heavy atom. The SMILES string of the molecule is C[C@@H](NC(=O)c1cccc([N+](=O)[O-])c1)[C@H]1COc2ccccc2O1. The minimum atomic E-state index is -0.533. The van der Waals surface area contributed by atoms with Crippen molar-refractivity contribution in [3.8, 4) is 11.5 Å². The summed E-state index contributed by atoms with van der Waals surface area (Å²) in [5.41, 5.74) is 0.106. The van der Waals surface area contributed by atoms with E-state index in [2.05, 4.69) is 5.32 Å². The monoisotopic (exact) mass is 328 g/mol. The molecule has 0 radical (unpaired) electrons. The van der Waals surface area contributed by atoms with Gasteiger partial charge in [0.15, 0.2) is 17.6 Å². The summed E-state index contributed by atoms with van der Waals surface area (Å²) in [6.45, 7) is 2.12. The number of nitrogens with one attached hydrogen (secondary N) is 1. The van der Waals surface area contributed by atoms with Gasteiger partial charge in [-0.2, -0.15) is 0 Å². The van der Waals surface area contributed by atoms with Crippen LogP contribution in [0, 0.1) is 10.1 Å². The maximum absolute atomic E-state index is 12.3. The lowest BCUT2D eigenvalue weighted by Gasteiger charge is -2.30. The van der Waals surface area contributed by atoms with Crippen molar-refractivity contribution in [1.82, 2.24) is 5.32 Å².